The van der Waals surface area contributed by atoms with Crippen LogP contribution in [-0.2, 0) is 11.3 Å². The van der Waals surface area contributed by atoms with Crippen LogP contribution < -0.4 is 16.2 Å². The second-order valence-corrected chi connectivity index (χ2v) is 7.65. The maximum absolute atomic E-state index is 12.7. The number of carbonyl (C=O) groups is 1. The summed E-state index contributed by atoms with van der Waals surface area (Å²) in [5.74, 6) is 0.252. The van der Waals surface area contributed by atoms with E-state index in [9.17, 15) is 9.59 Å². The molecule has 156 valence electrons. The fourth-order valence-corrected chi connectivity index (χ4v) is 3.66. The van der Waals surface area contributed by atoms with Gasteiger partial charge in [0.25, 0.3) is 5.56 Å². The molecule has 2 aromatic heterocycles. The Morgan fingerprint density at radius 1 is 1.10 bits per heavy atom. The van der Waals surface area contributed by atoms with Gasteiger partial charge in [0, 0.05) is 36.3 Å². The van der Waals surface area contributed by atoms with Crippen LogP contribution in [0.2, 0.25) is 10.0 Å². The van der Waals surface area contributed by atoms with E-state index in [-0.39, 0.29) is 11.5 Å². The molecule has 0 spiro atoms. The van der Waals surface area contributed by atoms with E-state index in [1.54, 1.807) is 30.5 Å². The first kappa shape index (κ1) is 20.8. The summed E-state index contributed by atoms with van der Waals surface area (Å²) in [4.78, 5) is 35.2. The van der Waals surface area contributed by atoms with E-state index in [0.29, 0.717) is 44.7 Å². The maximum atomic E-state index is 12.7. The fourth-order valence-electron chi connectivity index (χ4n) is 3.06. The number of anilines is 2. The Hall–Kier alpha value is -3.42. The van der Waals surface area contributed by atoms with Crippen LogP contribution in [0.1, 0.15) is 12.5 Å². The molecule has 0 aliphatic carbocycles. The molecule has 0 saturated carbocycles. The SMILES string of the molecule is CC(=O)NCc1ccc(Nc2ncc3cc(-c4c(Cl)cccc4Cl)c(=O)[nH]c3n2)cc1. The highest BCUT2D eigenvalue weighted by Gasteiger charge is 2.14. The third kappa shape index (κ3) is 4.68. The molecule has 31 heavy (non-hydrogen) atoms. The van der Waals surface area contributed by atoms with E-state index in [1.807, 2.05) is 24.3 Å². The molecular formula is C22H17Cl2N5O2. The number of rotatable bonds is 5. The normalized spacial score (nSPS) is 10.8. The Kier molecular flexibility index (Phi) is 5.88. The molecule has 7 nitrogen and oxygen atoms in total. The van der Waals surface area contributed by atoms with E-state index in [4.69, 9.17) is 23.2 Å². The van der Waals surface area contributed by atoms with Crippen molar-refractivity contribution in [1.29, 1.82) is 0 Å². The molecule has 2 aromatic carbocycles. The van der Waals surface area contributed by atoms with Crippen LogP contribution in [0.5, 0.6) is 0 Å². The Labute approximate surface area is 187 Å². The van der Waals surface area contributed by atoms with Crippen molar-refractivity contribution < 1.29 is 4.79 Å². The van der Waals surface area contributed by atoms with Crippen molar-refractivity contribution in [3.05, 3.63) is 80.7 Å². The van der Waals surface area contributed by atoms with Gasteiger partial charge in [-0.25, -0.2) is 4.98 Å². The number of pyridine rings is 1. The number of hydrogen-bond donors (Lipinski definition) is 3. The second-order valence-electron chi connectivity index (χ2n) is 6.84. The molecule has 3 N–H and O–H groups in total. The van der Waals surface area contributed by atoms with Crippen LogP contribution >= 0.6 is 23.2 Å². The third-order valence-corrected chi connectivity index (χ3v) is 5.21. The monoisotopic (exact) mass is 453 g/mol. The minimum atomic E-state index is -0.352. The average molecular weight is 454 g/mol. The summed E-state index contributed by atoms with van der Waals surface area (Å²) in [5.41, 5.74) is 2.59. The predicted molar refractivity (Wildman–Crippen MR) is 123 cm³/mol. The molecule has 0 saturated heterocycles. The van der Waals surface area contributed by atoms with Gasteiger partial charge in [-0.1, -0.05) is 41.4 Å². The first-order chi connectivity index (χ1) is 14.9. The molecule has 2 heterocycles. The van der Waals surface area contributed by atoms with E-state index < -0.39 is 0 Å². The maximum Gasteiger partial charge on any atom is 0.257 e. The quantitative estimate of drug-likeness (QED) is 0.407. The zero-order valence-electron chi connectivity index (χ0n) is 16.4. The summed E-state index contributed by atoms with van der Waals surface area (Å²) in [7, 11) is 0. The molecule has 0 fully saturated rings. The number of fused-ring (bicyclic) bond motifs is 1. The number of hydrogen-bond acceptors (Lipinski definition) is 5. The predicted octanol–water partition coefficient (Wildman–Crippen LogP) is 4.67. The molecule has 0 unspecified atom stereocenters. The summed E-state index contributed by atoms with van der Waals surface area (Å²) < 4.78 is 0. The van der Waals surface area contributed by atoms with Crippen LogP contribution in [0.25, 0.3) is 22.2 Å². The van der Waals surface area contributed by atoms with Crippen LogP contribution in [0, 0.1) is 0 Å². The number of nitrogens with zero attached hydrogens (tertiary/aromatic N) is 2. The summed E-state index contributed by atoms with van der Waals surface area (Å²) >= 11 is 12.5. The highest BCUT2D eigenvalue weighted by Crippen LogP contribution is 2.33. The highest BCUT2D eigenvalue weighted by atomic mass is 35.5. The summed E-state index contributed by atoms with van der Waals surface area (Å²) in [5, 5.41) is 7.26. The van der Waals surface area contributed by atoms with Gasteiger partial charge in [0.05, 0.1) is 15.6 Å². The summed E-state index contributed by atoms with van der Waals surface area (Å²) in [6.45, 7) is 1.93. The Bertz CT molecular complexity index is 1320. The van der Waals surface area contributed by atoms with Crippen LogP contribution in [0.15, 0.2) is 59.5 Å². The smallest absolute Gasteiger partial charge is 0.257 e. The molecule has 0 radical (unpaired) electrons. The van der Waals surface area contributed by atoms with Crippen molar-refractivity contribution in [2.24, 2.45) is 0 Å². The minimum absolute atomic E-state index is 0.0827. The molecule has 4 aromatic rings. The van der Waals surface area contributed by atoms with Gasteiger partial charge in [0.1, 0.15) is 5.65 Å². The molecule has 0 bridgehead atoms. The molecule has 0 atom stereocenters. The Balaban J connectivity index is 1.60. The number of aromatic nitrogens is 3. The van der Waals surface area contributed by atoms with Gasteiger partial charge in [0.2, 0.25) is 11.9 Å². The molecule has 0 aliphatic heterocycles. The molecule has 4 rings (SSSR count). The third-order valence-electron chi connectivity index (χ3n) is 4.58. The van der Waals surface area contributed by atoms with Crippen molar-refractivity contribution in [2.75, 3.05) is 5.32 Å². The van der Waals surface area contributed by atoms with Gasteiger partial charge in [-0.2, -0.15) is 4.98 Å². The zero-order chi connectivity index (χ0) is 22.0. The molecule has 9 heteroatoms. The largest absolute Gasteiger partial charge is 0.352 e. The van der Waals surface area contributed by atoms with Gasteiger partial charge in [0.15, 0.2) is 0 Å². The van der Waals surface area contributed by atoms with Gasteiger partial charge >= 0.3 is 0 Å². The number of carbonyl (C=O) groups excluding carboxylic acids is 1. The van der Waals surface area contributed by atoms with Gasteiger partial charge in [-0.15, -0.1) is 0 Å². The second kappa shape index (κ2) is 8.75. The van der Waals surface area contributed by atoms with Crippen LogP contribution in [0.3, 0.4) is 0 Å². The topological polar surface area (TPSA) is 99.8 Å². The minimum Gasteiger partial charge on any atom is -0.352 e. The summed E-state index contributed by atoms with van der Waals surface area (Å²) in [6.07, 6.45) is 1.61. The highest BCUT2D eigenvalue weighted by molar-refractivity contribution is 6.39. The van der Waals surface area contributed by atoms with E-state index >= 15 is 0 Å². The lowest BCUT2D eigenvalue weighted by atomic mass is 10.1. The van der Waals surface area contributed by atoms with Gasteiger partial charge < -0.3 is 15.6 Å². The van der Waals surface area contributed by atoms with Gasteiger partial charge in [-0.05, 0) is 35.9 Å². The Morgan fingerprint density at radius 3 is 2.48 bits per heavy atom. The number of halogens is 2. The number of amides is 1. The summed E-state index contributed by atoms with van der Waals surface area (Å²) in [6, 6.07) is 14.2. The van der Waals surface area contributed by atoms with E-state index in [1.165, 1.54) is 6.92 Å². The molecule has 0 aliphatic rings. The van der Waals surface area contributed by atoms with Crippen molar-refractivity contribution in [2.45, 2.75) is 13.5 Å². The first-order valence-corrected chi connectivity index (χ1v) is 10.1. The van der Waals surface area contributed by atoms with Crippen molar-refractivity contribution in [3.8, 4) is 11.1 Å². The van der Waals surface area contributed by atoms with Gasteiger partial charge in [-0.3, -0.25) is 9.59 Å². The number of H-pyrrole nitrogens is 1. The van der Waals surface area contributed by atoms with Crippen LogP contribution in [-0.4, -0.2) is 20.9 Å². The van der Waals surface area contributed by atoms with Crippen molar-refractivity contribution in [1.82, 2.24) is 20.3 Å². The van der Waals surface area contributed by atoms with E-state index in [2.05, 4.69) is 25.6 Å². The fraction of sp³-hybridized carbons (Fsp3) is 0.0909. The Morgan fingerprint density at radius 2 is 1.81 bits per heavy atom. The standard InChI is InChI=1S/C22H17Cl2N5O2/c1-12(30)25-10-13-5-7-15(8-6-13)27-22-26-11-14-9-16(21(31)28-20(14)29-22)19-17(23)3-2-4-18(19)24/h2-9,11H,10H2,1H3,(H,25,30)(H2,26,27,28,29,31). The van der Waals surface area contributed by atoms with Crippen molar-refractivity contribution in [3.63, 3.8) is 0 Å². The van der Waals surface area contributed by atoms with E-state index in [0.717, 1.165) is 11.3 Å². The lowest BCUT2D eigenvalue weighted by molar-refractivity contribution is -0.119. The van der Waals surface area contributed by atoms with Crippen LogP contribution in [0.4, 0.5) is 11.6 Å². The lowest BCUT2D eigenvalue weighted by Gasteiger charge is -2.09. The lowest BCUT2D eigenvalue weighted by Crippen LogP contribution is -2.18. The number of benzene rings is 2. The zero-order valence-corrected chi connectivity index (χ0v) is 17.9. The average Bonchev–Trinajstić information content (AvgIpc) is 2.73. The number of aromatic amines is 1. The number of nitrogens with one attached hydrogen (secondary N) is 3. The van der Waals surface area contributed by atoms with Crippen molar-refractivity contribution >= 4 is 51.8 Å². The molecule has 1 amide bonds. The first-order valence-electron chi connectivity index (χ1n) is 9.35. The molecular weight excluding hydrogens is 437 g/mol.